The first-order valence-corrected chi connectivity index (χ1v) is 18.6. The van der Waals surface area contributed by atoms with Crippen molar-refractivity contribution in [2.24, 2.45) is 0 Å². The molecule has 0 radical (unpaired) electrons. The minimum atomic E-state index is -0.117. The van der Waals surface area contributed by atoms with Gasteiger partial charge in [-0.3, -0.25) is 0 Å². The SMILES string of the molecule is CC1(C)c2ccccc2-c2c(-c3ccccc3N(c3ccccc3-c3cccc4c3oc3ccccc34)c3cccc4c3oc3ccccc34)cccc21. The molecule has 1 aliphatic carbocycles. The Morgan fingerprint density at radius 1 is 0.352 bits per heavy atom. The van der Waals surface area contributed by atoms with Gasteiger partial charge in [0.25, 0.3) is 0 Å². The van der Waals surface area contributed by atoms with Crippen molar-refractivity contribution in [3.63, 3.8) is 0 Å². The van der Waals surface area contributed by atoms with Gasteiger partial charge in [0.05, 0.1) is 17.1 Å². The van der Waals surface area contributed by atoms with Crippen LogP contribution in [0.3, 0.4) is 0 Å². The van der Waals surface area contributed by atoms with Crippen LogP contribution in [0, 0.1) is 0 Å². The molecule has 1 aliphatic rings. The summed E-state index contributed by atoms with van der Waals surface area (Å²) in [5.74, 6) is 0. The van der Waals surface area contributed by atoms with Gasteiger partial charge in [0, 0.05) is 43.7 Å². The predicted molar refractivity (Wildman–Crippen MR) is 224 cm³/mol. The van der Waals surface area contributed by atoms with Gasteiger partial charge >= 0.3 is 0 Å². The highest BCUT2D eigenvalue weighted by molar-refractivity contribution is 6.14. The molecule has 0 spiro atoms. The van der Waals surface area contributed by atoms with Gasteiger partial charge in [-0.25, -0.2) is 0 Å². The van der Waals surface area contributed by atoms with E-state index in [2.05, 4.69) is 176 Å². The van der Waals surface area contributed by atoms with Crippen LogP contribution in [0.5, 0.6) is 0 Å². The lowest BCUT2D eigenvalue weighted by atomic mass is 9.82. The average Bonchev–Trinajstić information content (AvgIpc) is 3.87. The fourth-order valence-electron chi connectivity index (χ4n) is 9.03. The van der Waals surface area contributed by atoms with Gasteiger partial charge in [-0.15, -0.1) is 0 Å². The Morgan fingerprint density at radius 3 is 1.52 bits per heavy atom. The van der Waals surface area contributed by atoms with Crippen LogP contribution in [0.2, 0.25) is 0 Å². The molecule has 10 aromatic rings. The van der Waals surface area contributed by atoms with Gasteiger partial charge in [0.15, 0.2) is 5.58 Å². The Hall–Kier alpha value is -6.84. The summed E-state index contributed by atoms with van der Waals surface area (Å²) in [4.78, 5) is 2.41. The van der Waals surface area contributed by atoms with Crippen molar-refractivity contribution in [3.05, 3.63) is 187 Å². The van der Waals surface area contributed by atoms with E-state index in [4.69, 9.17) is 8.83 Å². The summed E-state index contributed by atoms with van der Waals surface area (Å²) >= 11 is 0. The maximum Gasteiger partial charge on any atom is 0.159 e. The molecule has 8 aromatic carbocycles. The molecule has 0 amide bonds. The number of para-hydroxylation sites is 6. The van der Waals surface area contributed by atoms with Crippen LogP contribution in [0.4, 0.5) is 17.1 Å². The molecule has 0 saturated heterocycles. The number of furan rings is 2. The normalized spacial score (nSPS) is 13.1. The number of hydrogen-bond donors (Lipinski definition) is 0. The van der Waals surface area contributed by atoms with Gasteiger partial charge in [0.1, 0.15) is 16.7 Å². The molecular weight excluding hydrogens is 659 g/mol. The molecule has 0 atom stereocenters. The third-order valence-corrected chi connectivity index (χ3v) is 11.5. The Bertz CT molecular complexity index is 3100. The number of nitrogens with zero attached hydrogens (tertiary/aromatic N) is 1. The highest BCUT2D eigenvalue weighted by atomic mass is 16.3. The van der Waals surface area contributed by atoms with Gasteiger partial charge in [0.2, 0.25) is 0 Å². The standard InChI is InChI=1S/C51H35NO2/c1-51(2)41-25-8-3-20-40(41)48-36(21-14-26-42(48)51)32-16-4-9-27-43(32)52(45-29-15-24-39-35-19-7-12-31-47(35)54-50(39)45)44-28-10-5-17-33(44)37-22-13-23-38-34-18-6-11-30-46(34)53-49(37)38/h3-31H,1-2H3. The molecule has 11 rings (SSSR count). The van der Waals surface area contributed by atoms with Crippen LogP contribution in [0.25, 0.3) is 77.3 Å². The summed E-state index contributed by atoms with van der Waals surface area (Å²) in [6.45, 7) is 4.69. The Kier molecular flexibility index (Phi) is 6.60. The largest absolute Gasteiger partial charge is 0.455 e. The van der Waals surface area contributed by atoms with E-state index in [1.807, 2.05) is 18.2 Å². The second-order valence-electron chi connectivity index (χ2n) is 14.8. The lowest BCUT2D eigenvalue weighted by Crippen LogP contribution is -2.15. The van der Waals surface area contributed by atoms with E-state index in [1.54, 1.807) is 0 Å². The fraction of sp³-hybridized carbons (Fsp3) is 0.0588. The second-order valence-corrected chi connectivity index (χ2v) is 14.8. The molecule has 54 heavy (non-hydrogen) atoms. The average molecular weight is 694 g/mol. The fourth-order valence-corrected chi connectivity index (χ4v) is 9.03. The van der Waals surface area contributed by atoms with Crippen LogP contribution >= 0.6 is 0 Å². The molecule has 0 bridgehead atoms. The molecule has 3 heteroatoms. The lowest BCUT2D eigenvalue weighted by Gasteiger charge is -2.30. The van der Waals surface area contributed by atoms with E-state index in [0.29, 0.717) is 0 Å². The first kappa shape index (κ1) is 30.8. The Labute approximate surface area is 313 Å². The van der Waals surface area contributed by atoms with Crippen LogP contribution in [-0.4, -0.2) is 0 Å². The number of benzene rings is 8. The zero-order valence-corrected chi connectivity index (χ0v) is 30.0. The lowest BCUT2D eigenvalue weighted by molar-refractivity contribution is 0.660. The summed E-state index contributed by atoms with van der Waals surface area (Å²) in [5.41, 5.74) is 16.2. The maximum absolute atomic E-state index is 6.80. The zero-order chi connectivity index (χ0) is 36.0. The molecule has 2 aromatic heterocycles. The molecule has 2 heterocycles. The van der Waals surface area contributed by atoms with Crippen molar-refractivity contribution in [2.75, 3.05) is 4.90 Å². The van der Waals surface area contributed by atoms with Gasteiger partial charge in [-0.05, 0) is 58.1 Å². The van der Waals surface area contributed by atoms with Gasteiger partial charge < -0.3 is 13.7 Å². The van der Waals surface area contributed by atoms with Crippen molar-refractivity contribution in [2.45, 2.75) is 19.3 Å². The van der Waals surface area contributed by atoms with Crippen molar-refractivity contribution in [3.8, 4) is 33.4 Å². The second kappa shape index (κ2) is 11.6. The minimum absolute atomic E-state index is 0.117. The Morgan fingerprint density at radius 2 is 0.796 bits per heavy atom. The molecule has 0 unspecified atom stereocenters. The predicted octanol–water partition coefficient (Wildman–Crippen LogP) is 14.6. The third-order valence-electron chi connectivity index (χ3n) is 11.5. The van der Waals surface area contributed by atoms with Gasteiger partial charge in [-0.2, -0.15) is 0 Å². The summed E-state index contributed by atoms with van der Waals surface area (Å²) in [5, 5.41) is 4.40. The summed E-state index contributed by atoms with van der Waals surface area (Å²) < 4.78 is 13.4. The van der Waals surface area contributed by atoms with E-state index in [0.717, 1.165) is 77.6 Å². The molecule has 256 valence electrons. The van der Waals surface area contributed by atoms with Crippen molar-refractivity contribution >= 4 is 60.9 Å². The topological polar surface area (TPSA) is 29.5 Å². The van der Waals surface area contributed by atoms with E-state index in [9.17, 15) is 0 Å². The number of anilines is 3. The molecule has 0 aliphatic heterocycles. The summed E-state index contributed by atoms with van der Waals surface area (Å²) in [7, 11) is 0. The summed E-state index contributed by atoms with van der Waals surface area (Å²) in [6, 6.07) is 62.8. The number of fused-ring (bicyclic) bond motifs is 9. The molecule has 0 N–H and O–H groups in total. The number of hydrogen-bond acceptors (Lipinski definition) is 3. The minimum Gasteiger partial charge on any atom is -0.455 e. The van der Waals surface area contributed by atoms with E-state index >= 15 is 0 Å². The highest BCUT2D eigenvalue weighted by Crippen LogP contribution is 2.55. The quantitative estimate of drug-likeness (QED) is 0.180. The molecule has 0 saturated carbocycles. The first-order valence-electron chi connectivity index (χ1n) is 18.6. The van der Waals surface area contributed by atoms with E-state index in [-0.39, 0.29) is 5.41 Å². The van der Waals surface area contributed by atoms with E-state index < -0.39 is 0 Å². The van der Waals surface area contributed by atoms with Crippen LogP contribution in [0.15, 0.2) is 185 Å². The number of rotatable bonds is 5. The monoisotopic (exact) mass is 693 g/mol. The highest BCUT2D eigenvalue weighted by Gasteiger charge is 2.37. The van der Waals surface area contributed by atoms with Crippen LogP contribution < -0.4 is 4.90 Å². The third kappa shape index (κ3) is 4.36. The molecule has 3 nitrogen and oxygen atoms in total. The summed E-state index contributed by atoms with van der Waals surface area (Å²) in [6.07, 6.45) is 0. The zero-order valence-electron chi connectivity index (χ0n) is 30.0. The van der Waals surface area contributed by atoms with Crippen molar-refractivity contribution in [1.82, 2.24) is 0 Å². The van der Waals surface area contributed by atoms with Crippen LogP contribution in [0.1, 0.15) is 25.0 Å². The molecule has 0 fully saturated rings. The first-order chi connectivity index (χ1) is 26.6. The van der Waals surface area contributed by atoms with Crippen molar-refractivity contribution in [1.29, 1.82) is 0 Å². The molecular formula is C51H35NO2. The van der Waals surface area contributed by atoms with E-state index in [1.165, 1.54) is 27.8 Å². The van der Waals surface area contributed by atoms with Crippen molar-refractivity contribution < 1.29 is 8.83 Å². The Balaban J connectivity index is 1.23. The van der Waals surface area contributed by atoms with Gasteiger partial charge in [-0.1, -0.05) is 159 Å². The van der Waals surface area contributed by atoms with Crippen LogP contribution in [-0.2, 0) is 5.41 Å². The smallest absolute Gasteiger partial charge is 0.159 e. The maximum atomic E-state index is 6.80.